The lowest BCUT2D eigenvalue weighted by Gasteiger charge is -1.93. The van der Waals surface area contributed by atoms with Gasteiger partial charge < -0.3 is 0 Å². The summed E-state index contributed by atoms with van der Waals surface area (Å²) in [4.78, 5) is 0. The van der Waals surface area contributed by atoms with Gasteiger partial charge in [-0.1, -0.05) is 0 Å². The summed E-state index contributed by atoms with van der Waals surface area (Å²) in [5.74, 6) is 1.29. The van der Waals surface area contributed by atoms with E-state index in [1.54, 1.807) is 11.3 Å². The molecule has 1 aromatic rings. The van der Waals surface area contributed by atoms with Crippen molar-refractivity contribution >= 4 is 23.1 Å². The molecule has 0 bridgehead atoms. The topological polar surface area (TPSA) is 0 Å². The highest BCUT2D eigenvalue weighted by Crippen LogP contribution is 2.09. The molecule has 0 amide bonds. The molecule has 2 heteroatoms. The van der Waals surface area contributed by atoms with Crippen LogP contribution in [0.4, 0.5) is 0 Å². The van der Waals surface area contributed by atoms with E-state index in [9.17, 15) is 0 Å². The Morgan fingerprint density at radius 3 is 3.10 bits per heavy atom. The van der Waals surface area contributed by atoms with Crippen LogP contribution in [0.3, 0.4) is 0 Å². The Morgan fingerprint density at radius 1 is 1.60 bits per heavy atom. The molecule has 0 aromatic carbocycles. The molecule has 0 aliphatic rings. The van der Waals surface area contributed by atoms with Gasteiger partial charge in [0.25, 0.3) is 0 Å². The van der Waals surface area contributed by atoms with Gasteiger partial charge in [0, 0.05) is 0 Å². The predicted octanol–water partition coefficient (Wildman–Crippen LogP) is 3.04. The summed E-state index contributed by atoms with van der Waals surface area (Å²) in [6, 6.07) is 2.21. The normalized spacial score (nSPS) is 10.1. The van der Waals surface area contributed by atoms with Crippen molar-refractivity contribution in [2.75, 3.05) is 12.0 Å². The zero-order valence-electron chi connectivity index (χ0n) is 6.17. The van der Waals surface area contributed by atoms with Crippen LogP contribution >= 0.6 is 23.1 Å². The third kappa shape index (κ3) is 2.76. The number of thioether (sulfide) groups is 1. The molecule has 0 atom stereocenters. The molecule has 10 heavy (non-hydrogen) atoms. The minimum Gasteiger partial charge on any atom is -0.165 e. The van der Waals surface area contributed by atoms with E-state index in [0.717, 1.165) is 0 Å². The predicted molar refractivity (Wildman–Crippen MR) is 51.0 cm³/mol. The average molecular weight is 172 g/mol. The third-order valence-corrected chi connectivity index (χ3v) is 2.82. The van der Waals surface area contributed by atoms with Crippen molar-refractivity contribution in [3.05, 3.63) is 22.4 Å². The Bertz CT molecular complexity index is 156. The van der Waals surface area contributed by atoms with E-state index in [0.29, 0.717) is 0 Å². The Labute approximate surface area is 70.7 Å². The first kappa shape index (κ1) is 8.15. The smallest absolute Gasteiger partial charge is 0.00613 e. The van der Waals surface area contributed by atoms with Gasteiger partial charge in [-0.05, 0) is 47.2 Å². The zero-order valence-corrected chi connectivity index (χ0v) is 7.80. The SMILES string of the molecule is CSCCCc1ccsc1. The first-order valence-corrected chi connectivity index (χ1v) is 5.77. The molecule has 0 unspecified atom stereocenters. The van der Waals surface area contributed by atoms with Crippen LogP contribution in [0.2, 0.25) is 0 Å². The minimum absolute atomic E-state index is 1.25. The van der Waals surface area contributed by atoms with Gasteiger partial charge in [0.1, 0.15) is 0 Å². The second kappa shape index (κ2) is 4.80. The Kier molecular flexibility index (Phi) is 3.91. The molecule has 56 valence electrons. The van der Waals surface area contributed by atoms with Crippen LogP contribution in [0, 0.1) is 0 Å². The summed E-state index contributed by atoms with van der Waals surface area (Å²) >= 11 is 3.72. The maximum absolute atomic E-state index is 2.24. The van der Waals surface area contributed by atoms with Gasteiger partial charge in [0.2, 0.25) is 0 Å². The molecule has 1 rings (SSSR count). The van der Waals surface area contributed by atoms with Crippen molar-refractivity contribution in [3.63, 3.8) is 0 Å². The van der Waals surface area contributed by atoms with Crippen molar-refractivity contribution < 1.29 is 0 Å². The number of hydrogen-bond donors (Lipinski definition) is 0. The van der Waals surface area contributed by atoms with E-state index < -0.39 is 0 Å². The third-order valence-electron chi connectivity index (χ3n) is 1.39. The highest BCUT2D eigenvalue weighted by Gasteiger charge is 1.90. The van der Waals surface area contributed by atoms with Gasteiger partial charge in [0.15, 0.2) is 0 Å². The summed E-state index contributed by atoms with van der Waals surface area (Å²) in [5, 5.41) is 4.38. The van der Waals surface area contributed by atoms with Crippen molar-refractivity contribution in [1.82, 2.24) is 0 Å². The summed E-state index contributed by atoms with van der Waals surface area (Å²) in [6.07, 6.45) is 4.73. The monoisotopic (exact) mass is 172 g/mol. The summed E-state index contributed by atoms with van der Waals surface area (Å²) in [5.41, 5.74) is 1.50. The molecule has 0 saturated heterocycles. The van der Waals surface area contributed by atoms with Crippen molar-refractivity contribution in [2.45, 2.75) is 12.8 Å². The van der Waals surface area contributed by atoms with E-state index in [-0.39, 0.29) is 0 Å². The zero-order chi connectivity index (χ0) is 7.23. The fourth-order valence-electron chi connectivity index (χ4n) is 0.856. The first-order chi connectivity index (χ1) is 4.93. The second-order valence-corrected chi connectivity index (χ2v) is 3.99. The summed E-state index contributed by atoms with van der Waals surface area (Å²) in [7, 11) is 0. The van der Waals surface area contributed by atoms with Gasteiger partial charge in [0.05, 0.1) is 0 Å². The van der Waals surface area contributed by atoms with Crippen LogP contribution < -0.4 is 0 Å². The van der Waals surface area contributed by atoms with Crippen LogP contribution in [0.5, 0.6) is 0 Å². The number of aryl methyl sites for hydroxylation is 1. The standard InChI is InChI=1S/C8H12S2/c1-9-5-2-3-8-4-6-10-7-8/h4,6-7H,2-3,5H2,1H3. The molecule has 0 spiro atoms. The summed E-state index contributed by atoms with van der Waals surface area (Å²) < 4.78 is 0. The molecule has 0 radical (unpaired) electrons. The average Bonchev–Trinajstić information content (AvgIpc) is 2.41. The van der Waals surface area contributed by atoms with E-state index in [1.807, 2.05) is 11.8 Å². The fraction of sp³-hybridized carbons (Fsp3) is 0.500. The second-order valence-electron chi connectivity index (χ2n) is 2.23. The van der Waals surface area contributed by atoms with Crippen molar-refractivity contribution in [3.8, 4) is 0 Å². The number of hydrogen-bond acceptors (Lipinski definition) is 2. The molecular formula is C8H12S2. The lowest BCUT2D eigenvalue weighted by Crippen LogP contribution is -1.83. The molecular weight excluding hydrogens is 160 g/mol. The van der Waals surface area contributed by atoms with Crippen LogP contribution in [0.25, 0.3) is 0 Å². The molecule has 0 fully saturated rings. The van der Waals surface area contributed by atoms with E-state index in [4.69, 9.17) is 0 Å². The largest absolute Gasteiger partial charge is 0.165 e. The summed E-state index contributed by atoms with van der Waals surface area (Å²) in [6.45, 7) is 0. The van der Waals surface area contributed by atoms with Gasteiger partial charge in [-0.15, -0.1) is 0 Å². The highest BCUT2D eigenvalue weighted by molar-refractivity contribution is 7.98. The first-order valence-electron chi connectivity index (χ1n) is 3.43. The fourth-order valence-corrected chi connectivity index (χ4v) is 1.99. The Balaban J connectivity index is 2.15. The minimum atomic E-state index is 1.25. The van der Waals surface area contributed by atoms with Crippen LogP contribution in [0.1, 0.15) is 12.0 Å². The van der Waals surface area contributed by atoms with Gasteiger partial charge in [-0.25, -0.2) is 0 Å². The lowest BCUT2D eigenvalue weighted by atomic mass is 10.2. The molecule has 0 saturated carbocycles. The Hall–Kier alpha value is 0.0500. The van der Waals surface area contributed by atoms with Crippen LogP contribution in [-0.4, -0.2) is 12.0 Å². The highest BCUT2D eigenvalue weighted by atomic mass is 32.2. The molecule has 0 aliphatic carbocycles. The molecule has 0 aliphatic heterocycles. The maximum atomic E-state index is 2.24. The van der Waals surface area contributed by atoms with Crippen molar-refractivity contribution in [1.29, 1.82) is 0 Å². The lowest BCUT2D eigenvalue weighted by molar-refractivity contribution is 0.939. The number of rotatable bonds is 4. The molecule has 1 aromatic heterocycles. The number of thiophene rings is 1. The van der Waals surface area contributed by atoms with Gasteiger partial charge in [-0.2, -0.15) is 23.1 Å². The van der Waals surface area contributed by atoms with Crippen LogP contribution in [0.15, 0.2) is 16.8 Å². The molecule has 0 nitrogen and oxygen atoms in total. The van der Waals surface area contributed by atoms with E-state index in [2.05, 4.69) is 23.1 Å². The van der Waals surface area contributed by atoms with E-state index >= 15 is 0 Å². The maximum Gasteiger partial charge on any atom is -0.00613 e. The van der Waals surface area contributed by atoms with Gasteiger partial charge >= 0.3 is 0 Å². The van der Waals surface area contributed by atoms with Crippen LogP contribution in [-0.2, 0) is 6.42 Å². The quantitative estimate of drug-likeness (QED) is 0.629. The Morgan fingerprint density at radius 2 is 2.50 bits per heavy atom. The molecule has 1 heterocycles. The van der Waals surface area contributed by atoms with Crippen molar-refractivity contribution in [2.24, 2.45) is 0 Å². The van der Waals surface area contributed by atoms with E-state index in [1.165, 1.54) is 24.2 Å². The molecule has 0 N–H and O–H groups in total. The van der Waals surface area contributed by atoms with Gasteiger partial charge in [-0.3, -0.25) is 0 Å².